The van der Waals surface area contributed by atoms with Gasteiger partial charge in [-0.25, -0.2) is 0 Å². The third-order valence-electron chi connectivity index (χ3n) is 3.77. The van der Waals surface area contributed by atoms with Gasteiger partial charge in [0.25, 0.3) is 0 Å². The van der Waals surface area contributed by atoms with Crippen molar-refractivity contribution in [1.82, 2.24) is 5.32 Å². The molecule has 0 bridgehead atoms. The standard InChI is InChI=1S/C13H24ClNO/c1-4-13(7-5-6-8-13)12(16)15-11(3)9-10(2)14/h10-11H,4-9H2,1-3H3,(H,15,16). The number of rotatable bonds is 5. The molecule has 94 valence electrons. The molecule has 1 rings (SSSR count). The van der Waals surface area contributed by atoms with Crippen molar-refractivity contribution in [3.63, 3.8) is 0 Å². The molecule has 1 aliphatic carbocycles. The Labute approximate surface area is 104 Å². The van der Waals surface area contributed by atoms with Crippen LogP contribution in [-0.2, 0) is 4.79 Å². The van der Waals surface area contributed by atoms with Gasteiger partial charge in [0.15, 0.2) is 0 Å². The first-order valence-corrected chi connectivity index (χ1v) is 6.89. The van der Waals surface area contributed by atoms with Crippen molar-refractivity contribution in [3.8, 4) is 0 Å². The minimum atomic E-state index is -0.0796. The van der Waals surface area contributed by atoms with E-state index in [4.69, 9.17) is 11.6 Å². The molecule has 16 heavy (non-hydrogen) atoms. The molecule has 1 saturated carbocycles. The molecule has 1 amide bonds. The maximum Gasteiger partial charge on any atom is 0.226 e. The maximum absolute atomic E-state index is 12.2. The van der Waals surface area contributed by atoms with Crippen LogP contribution >= 0.6 is 11.6 Å². The van der Waals surface area contributed by atoms with Crippen LogP contribution in [0.4, 0.5) is 0 Å². The Morgan fingerprint density at radius 1 is 1.38 bits per heavy atom. The van der Waals surface area contributed by atoms with Crippen molar-refractivity contribution in [2.45, 2.75) is 70.7 Å². The summed E-state index contributed by atoms with van der Waals surface area (Å²) in [4.78, 5) is 12.2. The summed E-state index contributed by atoms with van der Waals surface area (Å²) in [6.07, 6.45) is 6.30. The zero-order valence-electron chi connectivity index (χ0n) is 10.7. The Balaban J connectivity index is 2.50. The van der Waals surface area contributed by atoms with Gasteiger partial charge in [-0.1, -0.05) is 19.8 Å². The molecule has 3 heteroatoms. The second-order valence-corrected chi connectivity index (χ2v) is 5.98. The smallest absolute Gasteiger partial charge is 0.226 e. The molecular weight excluding hydrogens is 222 g/mol. The van der Waals surface area contributed by atoms with Crippen molar-refractivity contribution >= 4 is 17.5 Å². The van der Waals surface area contributed by atoms with E-state index in [1.807, 2.05) is 13.8 Å². The number of hydrogen-bond acceptors (Lipinski definition) is 1. The molecule has 2 nitrogen and oxygen atoms in total. The van der Waals surface area contributed by atoms with Crippen LogP contribution in [0.2, 0.25) is 0 Å². The average Bonchev–Trinajstić information content (AvgIpc) is 2.65. The summed E-state index contributed by atoms with van der Waals surface area (Å²) in [6, 6.07) is 0.184. The topological polar surface area (TPSA) is 29.1 Å². The van der Waals surface area contributed by atoms with Crippen LogP contribution in [0, 0.1) is 5.41 Å². The van der Waals surface area contributed by atoms with Gasteiger partial charge in [0, 0.05) is 16.8 Å². The third kappa shape index (κ3) is 3.38. The normalized spacial score (nSPS) is 22.8. The van der Waals surface area contributed by atoms with Gasteiger partial charge in [0.2, 0.25) is 5.91 Å². The van der Waals surface area contributed by atoms with Crippen LogP contribution in [0.3, 0.4) is 0 Å². The molecular formula is C13H24ClNO. The molecule has 1 aliphatic rings. The number of hydrogen-bond donors (Lipinski definition) is 1. The number of halogens is 1. The van der Waals surface area contributed by atoms with Gasteiger partial charge in [-0.15, -0.1) is 11.6 Å². The lowest BCUT2D eigenvalue weighted by Gasteiger charge is -2.28. The summed E-state index contributed by atoms with van der Waals surface area (Å²) in [5.41, 5.74) is -0.0796. The Hall–Kier alpha value is -0.240. The van der Waals surface area contributed by atoms with Gasteiger partial charge in [-0.2, -0.15) is 0 Å². The Kier molecular flexibility index (Phi) is 5.10. The lowest BCUT2D eigenvalue weighted by atomic mass is 9.82. The van der Waals surface area contributed by atoms with Gasteiger partial charge in [0.1, 0.15) is 0 Å². The van der Waals surface area contributed by atoms with Crippen LogP contribution in [0.5, 0.6) is 0 Å². The second kappa shape index (κ2) is 5.90. The molecule has 0 aliphatic heterocycles. The number of amides is 1. The van der Waals surface area contributed by atoms with E-state index in [9.17, 15) is 4.79 Å². The summed E-state index contributed by atoms with van der Waals surface area (Å²) < 4.78 is 0. The monoisotopic (exact) mass is 245 g/mol. The predicted octanol–water partition coefficient (Wildman–Crippen LogP) is 3.48. The van der Waals surface area contributed by atoms with E-state index < -0.39 is 0 Å². The van der Waals surface area contributed by atoms with Gasteiger partial charge < -0.3 is 5.32 Å². The van der Waals surface area contributed by atoms with Crippen molar-refractivity contribution in [2.24, 2.45) is 5.41 Å². The zero-order chi connectivity index (χ0) is 12.2. The fourth-order valence-electron chi connectivity index (χ4n) is 2.72. The predicted molar refractivity (Wildman–Crippen MR) is 68.7 cm³/mol. The third-order valence-corrected chi connectivity index (χ3v) is 3.95. The lowest BCUT2D eigenvalue weighted by molar-refractivity contribution is -0.131. The summed E-state index contributed by atoms with van der Waals surface area (Å²) in [6.45, 7) is 6.13. The molecule has 0 aromatic heterocycles. The molecule has 0 radical (unpaired) electrons. The van der Waals surface area contributed by atoms with E-state index >= 15 is 0 Å². The fraction of sp³-hybridized carbons (Fsp3) is 0.923. The molecule has 0 saturated heterocycles. The largest absolute Gasteiger partial charge is 0.353 e. The van der Waals surface area contributed by atoms with Crippen molar-refractivity contribution in [1.29, 1.82) is 0 Å². The summed E-state index contributed by atoms with van der Waals surface area (Å²) in [7, 11) is 0. The zero-order valence-corrected chi connectivity index (χ0v) is 11.4. The van der Waals surface area contributed by atoms with Crippen LogP contribution in [0.15, 0.2) is 0 Å². The van der Waals surface area contributed by atoms with Crippen LogP contribution in [-0.4, -0.2) is 17.3 Å². The van der Waals surface area contributed by atoms with Gasteiger partial charge in [-0.3, -0.25) is 4.79 Å². The minimum Gasteiger partial charge on any atom is -0.353 e. The highest BCUT2D eigenvalue weighted by Gasteiger charge is 2.39. The van der Waals surface area contributed by atoms with Gasteiger partial charge >= 0.3 is 0 Å². The van der Waals surface area contributed by atoms with E-state index in [1.165, 1.54) is 12.8 Å². The second-order valence-electron chi connectivity index (χ2n) is 5.23. The van der Waals surface area contributed by atoms with Crippen molar-refractivity contribution < 1.29 is 4.79 Å². The number of carbonyl (C=O) groups excluding carboxylic acids is 1. The maximum atomic E-state index is 12.2. The van der Waals surface area contributed by atoms with Crippen molar-refractivity contribution in [2.75, 3.05) is 0 Å². The van der Waals surface area contributed by atoms with Crippen LogP contribution in [0.25, 0.3) is 0 Å². The molecule has 1 fully saturated rings. The average molecular weight is 246 g/mol. The molecule has 0 aromatic rings. The number of nitrogens with one attached hydrogen (secondary N) is 1. The first kappa shape index (κ1) is 13.8. The molecule has 0 heterocycles. The van der Waals surface area contributed by atoms with Crippen LogP contribution < -0.4 is 5.32 Å². The first-order valence-electron chi connectivity index (χ1n) is 6.45. The number of carbonyl (C=O) groups is 1. The van der Waals surface area contributed by atoms with E-state index in [2.05, 4.69) is 12.2 Å². The Morgan fingerprint density at radius 3 is 2.38 bits per heavy atom. The lowest BCUT2D eigenvalue weighted by Crippen LogP contribution is -2.43. The SMILES string of the molecule is CCC1(C(=O)NC(C)CC(C)Cl)CCCC1. The molecule has 1 N–H and O–H groups in total. The highest BCUT2D eigenvalue weighted by molar-refractivity contribution is 6.20. The molecule has 2 unspecified atom stereocenters. The van der Waals surface area contributed by atoms with E-state index in [1.54, 1.807) is 0 Å². The molecule has 2 atom stereocenters. The van der Waals surface area contributed by atoms with Gasteiger partial charge in [-0.05, 0) is 39.5 Å². The van der Waals surface area contributed by atoms with E-state index in [-0.39, 0.29) is 22.7 Å². The Bertz CT molecular complexity index is 234. The van der Waals surface area contributed by atoms with E-state index in [0.717, 1.165) is 25.7 Å². The molecule has 0 aromatic carbocycles. The van der Waals surface area contributed by atoms with Gasteiger partial charge in [0.05, 0.1) is 0 Å². The summed E-state index contributed by atoms with van der Waals surface area (Å²) in [5, 5.41) is 3.24. The minimum absolute atomic E-state index is 0.0796. The quantitative estimate of drug-likeness (QED) is 0.739. The highest BCUT2D eigenvalue weighted by atomic mass is 35.5. The summed E-state index contributed by atoms with van der Waals surface area (Å²) in [5.74, 6) is 0.248. The Morgan fingerprint density at radius 2 is 1.94 bits per heavy atom. The first-order chi connectivity index (χ1) is 7.50. The summed E-state index contributed by atoms with van der Waals surface area (Å²) >= 11 is 5.93. The highest BCUT2D eigenvalue weighted by Crippen LogP contribution is 2.41. The van der Waals surface area contributed by atoms with E-state index in [0.29, 0.717) is 0 Å². The number of alkyl halides is 1. The van der Waals surface area contributed by atoms with Crippen molar-refractivity contribution in [3.05, 3.63) is 0 Å². The van der Waals surface area contributed by atoms with Crippen LogP contribution in [0.1, 0.15) is 59.3 Å². The molecule has 0 spiro atoms. The fourth-order valence-corrected chi connectivity index (χ4v) is 2.98.